The number of aromatic nitrogens is 1. The lowest BCUT2D eigenvalue weighted by atomic mass is 9.93. The van der Waals surface area contributed by atoms with Crippen LogP contribution in [0.5, 0.6) is 0 Å². The Labute approximate surface area is 166 Å². The van der Waals surface area contributed by atoms with E-state index in [0.717, 1.165) is 70.4 Å². The quantitative estimate of drug-likeness (QED) is 0.838. The Morgan fingerprint density at radius 1 is 1.14 bits per heavy atom. The Kier molecular flexibility index (Phi) is 5.71. The van der Waals surface area contributed by atoms with Gasteiger partial charge in [-0.3, -0.25) is 14.5 Å². The molecule has 154 valence electrons. The van der Waals surface area contributed by atoms with Crippen LogP contribution in [0, 0.1) is 5.92 Å². The van der Waals surface area contributed by atoms with E-state index >= 15 is 0 Å². The lowest BCUT2D eigenvalue weighted by Crippen LogP contribution is -2.51. The highest BCUT2D eigenvalue weighted by Gasteiger charge is 2.34. The maximum atomic E-state index is 12.7. The molecule has 0 aromatic carbocycles. The average Bonchev–Trinajstić information content (AvgIpc) is 3.38. The van der Waals surface area contributed by atoms with Gasteiger partial charge in [0.1, 0.15) is 0 Å². The van der Waals surface area contributed by atoms with Crippen molar-refractivity contribution < 1.29 is 14.1 Å². The zero-order valence-corrected chi connectivity index (χ0v) is 17.0. The van der Waals surface area contributed by atoms with E-state index in [1.165, 1.54) is 0 Å². The number of carbonyl (C=O) groups excluding carboxylic acids is 2. The summed E-state index contributed by atoms with van der Waals surface area (Å²) in [5.74, 6) is 0.902. The fraction of sp³-hybridized carbons (Fsp3) is 0.762. The molecule has 1 N–H and O–H groups in total. The molecule has 4 rings (SSSR count). The third-order valence-corrected chi connectivity index (χ3v) is 6.35. The van der Waals surface area contributed by atoms with Gasteiger partial charge in [0, 0.05) is 37.8 Å². The fourth-order valence-corrected chi connectivity index (χ4v) is 4.35. The van der Waals surface area contributed by atoms with Crippen molar-refractivity contribution in [3.8, 4) is 0 Å². The number of hydrogen-bond acceptors (Lipinski definition) is 5. The van der Waals surface area contributed by atoms with Crippen LogP contribution in [0.25, 0.3) is 0 Å². The Hall–Kier alpha value is -1.89. The minimum absolute atomic E-state index is 0.0572. The average molecular weight is 389 g/mol. The van der Waals surface area contributed by atoms with Crippen LogP contribution in [0.2, 0.25) is 0 Å². The number of piperidine rings is 2. The first-order valence-corrected chi connectivity index (χ1v) is 10.8. The predicted molar refractivity (Wildman–Crippen MR) is 105 cm³/mol. The molecule has 2 saturated heterocycles. The van der Waals surface area contributed by atoms with Gasteiger partial charge in [-0.25, -0.2) is 0 Å². The van der Waals surface area contributed by atoms with E-state index in [4.69, 9.17) is 4.52 Å². The second kappa shape index (κ2) is 8.23. The normalized spacial score (nSPS) is 24.5. The molecule has 1 atom stereocenters. The number of amides is 2. The molecule has 7 nitrogen and oxygen atoms in total. The molecule has 0 spiro atoms. The molecule has 0 radical (unpaired) electrons. The van der Waals surface area contributed by atoms with Gasteiger partial charge < -0.3 is 14.7 Å². The van der Waals surface area contributed by atoms with E-state index < -0.39 is 0 Å². The zero-order valence-electron chi connectivity index (χ0n) is 17.0. The molecule has 1 aromatic heterocycles. The summed E-state index contributed by atoms with van der Waals surface area (Å²) in [5, 5.41) is 7.16. The highest BCUT2D eigenvalue weighted by Crippen LogP contribution is 2.26. The Bertz CT molecular complexity index is 704. The lowest BCUT2D eigenvalue weighted by molar-refractivity contribution is -0.127. The highest BCUT2D eigenvalue weighted by molar-refractivity contribution is 5.91. The molecule has 0 bridgehead atoms. The molecule has 1 aromatic rings. The van der Waals surface area contributed by atoms with Crippen LogP contribution in [0.4, 0.5) is 0 Å². The minimum Gasteiger partial charge on any atom is -0.353 e. The number of nitrogens with zero attached hydrogens (tertiary/aromatic N) is 3. The summed E-state index contributed by atoms with van der Waals surface area (Å²) in [6.07, 6.45) is 6.26. The molecule has 3 heterocycles. The van der Waals surface area contributed by atoms with Gasteiger partial charge in [-0.05, 0) is 51.0 Å². The molecule has 7 heteroatoms. The third-order valence-electron chi connectivity index (χ3n) is 6.35. The van der Waals surface area contributed by atoms with Crippen LogP contribution >= 0.6 is 0 Å². The van der Waals surface area contributed by atoms with E-state index in [2.05, 4.69) is 15.4 Å². The van der Waals surface area contributed by atoms with Crippen LogP contribution in [0.15, 0.2) is 10.6 Å². The largest absolute Gasteiger partial charge is 0.353 e. The summed E-state index contributed by atoms with van der Waals surface area (Å²) in [6, 6.07) is 2.67. The molecule has 2 amide bonds. The number of likely N-dealkylation sites (tertiary alicyclic amines) is 2. The summed E-state index contributed by atoms with van der Waals surface area (Å²) in [4.78, 5) is 29.5. The highest BCUT2D eigenvalue weighted by atomic mass is 16.5. The van der Waals surface area contributed by atoms with Crippen molar-refractivity contribution >= 4 is 11.8 Å². The number of carbonyl (C=O) groups is 2. The van der Waals surface area contributed by atoms with Gasteiger partial charge >= 0.3 is 0 Å². The van der Waals surface area contributed by atoms with E-state index in [1.54, 1.807) is 6.07 Å². The molecule has 1 aliphatic carbocycles. The van der Waals surface area contributed by atoms with Crippen molar-refractivity contribution in [2.45, 2.75) is 70.4 Å². The SMILES string of the molecule is CC(C)c1cc(C(=O)N2CCC(N3CCCC(C(=O)NC4CC4)C3)CC2)on1. The van der Waals surface area contributed by atoms with Gasteiger partial charge in [0.15, 0.2) is 0 Å². The van der Waals surface area contributed by atoms with Crippen molar-refractivity contribution in [3.63, 3.8) is 0 Å². The van der Waals surface area contributed by atoms with Crippen LogP contribution in [0.1, 0.15) is 74.5 Å². The molecule has 3 fully saturated rings. The first-order valence-electron chi connectivity index (χ1n) is 10.8. The zero-order chi connectivity index (χ0) is 19.7. The van der Waals surface area contributed by atoms with Gasteiger partial charge in [0.05, 0.1) is 11.6 Å². The maximum Gasteiger partial charge on any atom is 0.292 e. The fourth-order valence-electron chi connectivity index (χ4n) is 4.35. The first kappa shape index (κ1) is 19.4. The molecule has 3 aliphatic rings. The maximum absolute atomic E-state index is 12.7. The molecule has 28 heavy (non-hydrogen) atoms. The Morgan fingerprint density at radius 3 is 2.54 bits per heavy atom. The summed E-state index contributed by atoms with van der Waals surface area (Å²) >= 11 is 0. The Morgan fingerprint density at radius 2 is 1.89 bits per heavy atom. The summed E-state index contributed by atoms with van der Waals surface area (Å²) in [7, 11) is 0. The van der Waals surface area contributed by atoms with Crippen LogP contribution in [-0.4, -0.2) is 65.0 Å². The number of rotatable bonds is 5. The molecule has 1 saturated carbocycles. The van der Waals surface area contributed by atoms with Gasteiger partial charge in [-0.1, -0.05) is 19.0 Å². The summed E-state index contributed by atoms with van der Waals surface area (Å²) < 4.78 is 5.27. The van der Waals surface area contributed by atoms with E-state index in [-0.39, 0.29) is 23.7 Å². The molecular weight excluding hydrogens is 356 g/mol. The standard InChI is InChI=1S/C21H32N4O3/c1-14(2)18-12-19(28-23-18)21(27)24-10-7-17(8-11-24)25-9-3-4-15(13-25)20(26)22-16-5-6-16/h12,14-17H,3-11,13H2,1-2H3,(H,22,26). The summed E-state index contributed by atoms with van der Waals surface area (Å²) in [5.41, 5.74) is 0.821. The van der Waals surface area contributed by atoms with Crippen LogP contribution < -0.4 is 5.32 Å². The monoisotopic (exact) mass is 388 g/mol. The number of hydrogen-bond donors (Lipinski definition) is 1. The van der Waals surface area contributed by atoms with Gasteiger partial charge in [-0.15, -0.1) is 0 Å². The molecular formula is C21H32N4O3. The predicted octanol–water partition coefficient (Wildman–Crippen LogP) is 2.39. The van der Waals surface area contributed by atoms with E-state index in [1.807, 2.05) is 18.7 Å². The van der Waals surface area contributed by atoms with Gasteiger partial charge in [-0.2, -0.15) is 0 Å². The second-order valence-electron chi connectivity index (χ2n) is 8.91. The van der Waals surface area contributed by atoms with Crippen LogP contribution in [0.3, 0.4) is 0 Å². The minimum atomic E-state index is -0.0572. The lowest BCUT2D eigenvalue weighted by Gasteiger charge is -2.41. The smallest absolute Gasteiger partial charge is 0.292 e. The topological polar surface area (TPSA) is 78.7 Å². The molecule has 1 unspecified atom stereocenters. The summed E-state index contributed by atoms with van der Waals surface area (Å²) in [6.45, 7) is 7.46. The van der Waals surface area contributed by atoms with E-state index in [9.17, 15) is 9.59 Å². The molecule has 2 aliphatic heterocycles. The van der Waals surface area contributed by atoms with Crippen LogP contribution in [-0.2, 0) is 4.79 Å². The van der Waals surface area contributed by atoms with Crippen molar-refractivity contribution in [1.29, 1.82) is 0 Å². The van der Waals surface area contributed by atoms with Gasteiger partial charge in [0.25, 0.3) is 5.91 Å². The van der Waals surface area contributed by atoms with Crippen molar-refractivity contribution in [2.24, 2.45) is 5.92 Å². The van der Waals surface area contributed by atoms with Gasteiger partial charge in [0.2, 0.25) is 11.7 Å². The van der Waals surface area contributed by atoms with Crippen molar-refractivity contribution in [2.75, 3.05) is 26.2 Å². The van der Waals surface area contributed by atoms with E-state index in [0.29, 0.717) is 17.8 Å². The Balaban J connectivity index is 1.28. The first-order chi connectivity index (χ1) is 13.5. The van der Waals surface area contributed by atoms with Crippen molar-refractivity contribution in [1.82, 2.24) is 20.3 Å². The third kappa shape index (κ3) is 4.40. The number of nitrogens with one attached hydrogen (secondary N) is 1. The van der Waals surface area contributed by atoms with Crippen molar-refractivity contribution in [3.05, 3.63) is 17.5 Å². The second-order valence-corrected chi connectivity index (χ2v) is 8.91.